The lowest BCUT2D eigenvalue weighted by Crippen LogP contribution is -2.37. The number of amides is 4. The van der Waals surface area contributed by atoms with Crippen molar-refractivity contribution in [3.05, 3.63) is 64.7 Å². The van der Waals surface area contributed by atoms with Crippen molar-refractivity contribution in [1.82, 2.24) is 10.6 Å². The lowest BCUT2D eigenvalue weighted by Gasteiger charge is -2.20. The van der Waals surface area contributed by atoms with Gasteiger partial charge in [-0.3, -0.25) is 30.0 Å². The van der Waals surface area contributed by atoms with Crippen LogP contribution in [-0.2, 0) is 19.1 Å². The van der Waals surface area contributed by atoms with Gasteiger partial charge in [-0.25, -0.2) is 9.59 Å². The zero-order valence-corrected chi connectivity index (χ0v) is 42.5. The number of nitrogens with two attached hydrogens (primary N) is 7. The van der Waals surface area contributed by atoms with Crippen molar-refractivity contribution in [3.63, 3.8) is 0 Å². The predicted octanol–water partition coefficient (Wildman–Crippen LogP) is 1.82. The van der Waals surface area contributed by atoms with Crippen LogP contribution in [-0.4, -0.2) is 123 Å². The van der Waals surface area contributed by atoms with Crippen molar-refractivity contribution in [3.8, 4) is 5.75 Å². The van der Waals surface area contributed by atoms with Gasteiger partial charge in [0.05, 0.1) is 68.0 Å². The molecule has 0 aliphatic rings. The zero-order chi connectivity index (χ0) is 53.5. The van der Waals surface area contributed by atoms with Crippen molar-refractivity contribution < 1.29 is 43.0 Å². The Labute approximate surface area is 426 Å². The molecule has 3 aromatic carbocycles. The smallest absolute Gasteiger partial charge is 0.338 e. The highest BCUT2D eigenvalue weighted by Crippen LogP contribution is 2.39. The molecule has 0 heterocycles. The van der Waals surface area contributed by atoms with Crippen LogP contribution in [0.2, 0.25) is 0 Å². The summed E-state index contributed by atoms with van der Waals surface area (Å²) < 4.78 is 16.8. The molecule has 0 saturated heterocycles. The molecule has 72 heavy (non-hydrogen) atoms. The Morgan fingerprint density at radius 2 is 0.931 bits per heavy atom. The van der Waals surface area contributed by atoms with E-state index in [0.29, 0.717) is 47.2 Å². The Kier molecular flexibility index (Phi) is 25.1. The number of benzene rings is 3. The molecule has 0 bridgehead atoms. The van der Waals surface area contributed by atoms with E-state index in [1.807, 2.05) is 0 Å². The maximum Gasteiger partial charge on any atom is 0.338 e. The van der Waals surface area contributed by atoms with Gasteiger partial charge in [0.1, 0.15) is 12.4 Å². The molecule has 24 nitrogen and oxygen atoms in total. The Bertz CT molecular complexity index is 2250. The predicted molar refractivity (Wildman–Crippen MR) is 282 cm³/mol. The number of anilines is 4. The largest absolute Gasteiger partial charge is 0.492 e. The van der Waals surface area contributed by atoms with E-state index in [4.69, 9.17) is 65.2 Å². The summed E-state index contributed by atoms with van der Waals surface area (Å²) in [5.74, 6) is -3.98. The van der Waals surface area contributed by atoms with Crippen molar-refractivity contribution in [2.24, 2.45) is 40.1 Å². The second-order valence-corrected chi connectivity index (χ2v) is 18.6. The van der Waals surface area contributed by atoms with E-state index in [1.165, 1.54) is 66.0 Å². The van der Waals surface area contributed by atoms with E-state index < -0.39 is 59.9 Å². The molecule has 0 saturated carbocycles. The normalized spacial score (nSPS) is 11.8. The Balaban J connectivity index is 2.15. The molecule has 0 radical (unpaired) electrons. The first-order valence-electron chi connectivity index (χ1n) is 23.0. The van der Waals surface area contributed by atoms with Crippen LogP contribution in [0.15, 0.2) is 52.3 Å². The molecule has 3 rings (SSSR count). The number of rotatable bonds is 29. The summed E-state index contributed by atoms with van der Waals surface area (Å²) in [6, 6.07) is 7.62. The van der Waals surface area contributed by atoms with Crippen molar-refractivity contribution in [2.75, 3.05) is 72.1 Å². The molecule has 0 aliphatic heterocycles. The van der Waals surface area contributed by atoms with Crippen LogP contribution in [0.3, 0.4) is 0 Å². The summed E-state index contributed by atoms with van der Waals surface area (Å²) in [5, 5.41) is 31.2. The van der Waals surface area contributed by atoms with E-state index in [1.54, 1.807) is 27.7 Å². The summed E-state index contributed by atoms with van der Waals surface area (Å²) in [6.45, 7) is 7.73. The third kappa shape index (κ3) is 19.8. The maximum atomic E-state index is 14.4. The van der Waals surface area contributed by atoms with E-state index in [9.17, 15) is 28.8 Å². The molecule has 2 atom stereocenters. The topological polar surface area (TPSA) is 432 Å². The summed E-state index contributed by atoms with van der Waals surface area (Å²) in [7, 11) is 0. The number of hydrogen-bond acceptors (Lipinski definition) is 18. The van der Waals surface area contributed by atoms with Gasteiger partial charge in [-0.15, -0.1) is 23.5 Å². The molecule has 4 amide bonds. The molecule has 1 unspecified atom stereocenters. The number of thioether (sulfide) groups is 2. The van der Waals surface area contributed by atoms with Crippen molar-refractivity contribution >= 4 is 93.8 Å². The number of esters is 2. The van der Waals surface area contributed by atoms with E-state index >= 15 is 0 Å². The Hall–Kier alpha value is -6.68. The molecule has 0 spiro atoms. The van der Waals surface area contributed by atoms with E-state index in [-0.39, 0.29) is 102 Å². The van der Waals surface area contributed by atoms with Gasteiger partial charge in [0.25, 0.3) is 11.8 Å². The maximum absolute atomic E-state index is 14.4. The van der Waals surface area contributed by atoms with E-state index in [0.717, 1.165) is 0 Å². The van der Waals surface area contributed by atoms with Gasteiger partial charge in [0.2, 0.25) is 11.8 Å². The minimum atomic E-state index is -1.01. The highest BCUT2D eigenvalue weighted by Gasteiger charge is 2.26. The Morgan fingerprint density at radius 1 is 0.556 bits per heavy atom. The average molecular weight is 1040 g/mol. The van der Waals surface area contributed by atoms with Gasteiger partial charge in [-0.1, -0.05) is 0 Å². The van der Waals surface area contributed by atoms with Crippen LogP contribution < -0.4 is 76.8 Å². The van der Waals surface area contributed by atoms with Crippen LogP contribution in [0.25, 0.3) is 0 Å². The minimum absolute atomic E-state index is 0.00275. The second kappa shape index (κ2) is 30.3. The SMILES string of the molecule is CC(C)OC(=O)c1cc(NC(=O)c2cc(OCCN)cc(C(=O)Nc3cc(C(=O)OC(C)C)cc(NC(=O)[C@H](N)CCCNC(=N)N)c3SCCN)c2)c(SCCN)c(NC(=O)C(N)CCCNC(=N)N)c1. The zero-order valence-electron chi connectivity index (χ0n) is 40.9. The summed E-state index contributed by atoms with van der Waals surface area (Å²) in [6.07, 6.45) is 0.204. The molecule has 0 aromatic heterocycles. The highest BCUT2D eigenvalue weighted by molar-refractivity contribution is 7.99. The van der Waals surface area contributed by atoms with Crippen LogP contribution in [0.4, 0.5) is 22.7 Å². The van der Waals surface area contributed by atoms with Gasteiger partial charge in [-0.05, 0) is 95.8 Å². The molecule has 3 aromatic rings. The summed E-state index contributed by atoms with van der Waals surface area (Å²) in [4.78, 5) is 83.3. The second-order valence-electron chi connectivity index (χ2n) is 16.4. The van der Waals surface area contributed by atoms with Crippen LogP contribution in [0.1, 0.15) is 94.8 Å². The third-order valence-corrected chi connectivity index (χ3v) is 11.9. The third-order valence-electron chi connectivity index (χ3n) is 9.58. The number of ether oxygens (including phenoxy) is 3. The van der Waals surface area contributed by atoms with Gasteiger partial charge in [0, 0.05) is 55.4 Å². The van der Waals surface area contributed by atoms with Crippen molar-refractivity contribution in [1.29, 1.82) is 10.8 Å². The Morgan fingerprint density at radius 3 is 1.26 bits per heavy atom. The monoisotopic (exact) mass is 1040 g/mol. The molecule has 0 fully saturated rings. The number of carbonyl (C=O) groups excluding carboxylic acids is 6. The molecule has 0 aliphatic carbocycles. The fourth-order valence-electron chi connectivity index (χ4n) is 6.38. The first kappa shape index (κ1) is 59.6. The van der Waals surface area contributed by atoms with Crippen LogP contribution >= 0.6 is 23.5 Å². The average Bonchev–Trinajstić information content (AvgIpc) is 3.31. The van der Waals surface area contributed by atoms with Crippen LogP contribution in [0, 0.1) is 10.8 Å². The van der Waals surface area contributed by atoms with Crippen molar-refractivity contribution in [2.45, 2.75) is 87.5 Å². The number of hydrogen-bond donors (Lipinski definition) is 15. The lowest BCUT2D eigenvalue weighted by molar-refractivity contribution is -0.118. The molecular weight excluding hydrogens is 971 g/mol. The van der Waals surface area contributed by atoms with Gasteiger partial charge < -0.3 is 86.2 Å². The standard InChI is InChI=1S/C46H69N15O9S2/c1-24(2)69-43(66)28-20-33(37(71-15-10-48)35(22-28)60-41(64)31(50)7-5-12-56-45(52)53)58-39(62)26-17-27(19-30(18-26)68-14-9-47)40(63)59-34-21-29(44(67)70-25(3)4)23-36(38(34)72-16-11-49)61-42(65)32(51)8-6-13-57-46(54)55/h17-25,31-32H,5-16,47-51H2,1-4H3,(H,58,62)(H,59,63)(H,60,64)(H,61,65)(H4,52,53,56)(H4,54,55,57)/t31-,32?/m1/s1. The lowest BCUT2D eigenvalue weighted by atomic mass is 10.1. The first-order chi connectivity index (χ1) is 34.2. The minimum Gasteiger partial charge on any atom is -0.492 e. The number of guanidine groups is 2. The van der Waals surface area contributed by atoms with E-state index in [2.05, 4.69) is 31.9 Å². The first-order valence-corrected chi connectivity index (χ1v) is 25.0. The van der Waals surface area contributed by atoms with Gasteiger partial charge in [-0.2, -0.15) is 0 Å². The molecule has 26 heteroatoms. The molecule has 394 valence electrons. The quantitative estimate of drug-likeness (QED) is 0.0155. The fraction of sp³-hybridized carbons (Fsp3) is 0.435. The molecule has 22 N–H and O–H groups in total. The highest BCUT2D eigenvalue weighted by atomic mass is 32.2. The summed E-state index contributed by atoms with van der Waals surface area (Å²) in [5.41, 5.74) is 41.0. The molecular formula is C46H69N15O9S2. The van der Waals surface area contributed by atoms with Crippen LogP contribution in [0.5, 0.6) is 5.75 Å². The van der Waals surface area contributed by atoms with Gasteiger partial charge in [0.15, 0.2) is 11.9 Å². The fourth-order valence-corrected chi connectivity index (χ4v) is 8.08. The summed E-state index contributed by atoms with van der Waals surface area (Å²) >= 11 is 2.37. The van der Waals surface area contributed by atoms with Gasteiger partial charge >= 0.3 is 11.9 Å². The number of carbonyl (C=O) groups is 6. The number of nitrogens with one attached hydrogen (secondary N) is 8.